The van der Waals surface area contributed by atoms with Gasteiger partial charge >= 0.3 is 0 Å². The summed E-state index contributed by atoms with van der Waals surface area (Å²) in [6.07, 6.45) is 0.551. The van der Waals surface area contributed by atoms with Crippen LogP contribution in [-0.4, -0.2) is 10.8 Å². The van der Waals surface area contributed by atoms with Crippen molar-refractivity contribution in [2.45, 2.75) is 20.3 Å². The molecule has 0 radical (unpaired) electrons. The second-order valence-corrected chi connectivity index (χ2v) is 5.47. The van der Waals surface area contributed by atoms with Crippen molar-refractivity contribution in [1.29, 1.82) is 0 Å². The van der Waals surface area contributed by atoms with E-state index in [1.807, 2.05) is 38.1 Å². The predicted molar refractivity (Wildman–Crippen MR) is 73.2 cm³/mol. The molecule has 0 aliphatic heterocycles. The largest absolute Gasteiger partial charge is 0.292 e. The third-order valence-electron chi connectivity index (χ3n) is 2.53. The van der Waals surface area contributed by atoms with Crippen molar-refractivity contribution >= 4 is 32.6 Å². The van der Waals surface area contributed by atoms with Gasteiger partial charge in [-0.05, 0) is 30.2 Å². The average Bonchev–Trinajstić information content (AvgIpc) is 2.27. The van der Waals surface area contributed by atoms with E-state index >= 15 is 0 Å². The van der Waals surface area contributed by atoms with Gasteiger partial charge in [0.1, 0.15) is 5.69 Å². The number of halogens is 1. The van der Waals surface area contributed by atoms with E-state index in [1.54, 1.807) is 6.07 Å². The number of ketones is 1. The number of carbonyl (C=O) groups is 1. The molecule has 0 spiro atoms. The number of Topliss-reactive ketones (excluding diaryl/α,β-unsaturated/α-hetero) is 1. The zero-order chi connectivity index (χ0) is 12.4. The topological polar surface area (TPSA) is 30.0 Å². The maximum Gasteiger partial charge on any atom is 0.181 e. The summed E-state index contributed by atoms with van der Waals surface area (Å²) in [5.41, 5.74) is 1.43. The Morgan fingerprint density at radius 2 is 2.06 bits per heavy atom. The van der Waals surface area contributed by atoms with Gasteiger partial charge in [0, 0.05) is 16.3 Å². The number of nitrogens with zero attached hydrogens (tertiary/aromatic N) is 1. The van der Waals surface area contributed by atoms with Gasteiger partial charge in [-0.1, -0.05) is 35.8 Å². The van der Waals surface area contributed by atoms with Gasteiger partial charge in [0.25, 0.3) is 0 Å². The van der Waals surface area contributed by atoms with Crippen molar-refractivity contribution in [2.24, 2.45) is 5.92 Å². The zero-order valence-electron chi connectivity index (χ0n) is 9.90. The molecule has 0 bridgehead atoms. The van der Waals surface area contributed by atoms with Gasteiger partial charge in [-0.3, -0.25) is 4.79 Å². The van der Waals surface area contributed by atoms with Crippen LogP contribution >= 0.6 is 15.9 Å². The monoisotopic (exact) mass is 291 g/mol. The normalized spacial score (nSPS) is 11.1. The number of pyridine rings is 1. The number of fused-ring (bicyclic) bond motifs is 1. The minimum Gasteiger partial charge on any atom is -0.292 e. The first kappa shape index (κ1) is 12.2. The van der Waals surface area contributed by atoms with Crippen molar-refractivity contribution < 1.29 is 4.79 Å². The maximum atomic E-state index is 11.9. The standard InChI is InChI=1S/C14H14BrNO/c1-9(2)7-14(17)13-5-3-10-8-11(15)4-6-12(10)16-13/h3-6,8-9H,7H2,1-2H3. The van der Waals surface area contributed by atoms with Crippen LogP contribution in [0.4, 0.5) is 0 Å². The molecule has 0 aliphatic rings. The first-order valence-electron chi connectivity index (χ1n) is 5.66. The number of hydrogen-bond acceptors (Lipinski definition) is 2. The van der Waals surface area contributed by atoms with Crippen LogP contribution in [0.1, 0.15) is 30.8 Å². The molecule has 3 heteroatoms. The lowest BCUT2D eigenvalue weighted by Crippen LogP contribution is -2.05. The molecule has 2 rings (SSSR count). The quantitative estimate of drug-likeness (QED) is 0.792. The molecular formula is C14H14BrNO. The summed E-state index contributed by atoms with van der Waals surface area (Å²) in [5.74, 6) is 0.481. The number of rotatable bonds is 3. The van der Waals surface area contributed by atoms with Crippen molar-refractivity contribution in [3.05, 3.63) is 40.5 Å². The molecule has 0 fully saturated rings. The smallest absolute Gasteiger partial charge is 0.181 e. The molecule has 2 aromatic rings. The molecule has 0 saturated carbocycles. The summed E-state index contributed by atoms with van der Waals surface area (Å²) in [5, 5.41) is 1.04. The molecular weight excluding hydrogens is 278 g/mol. The highest BCUT2D eigenvalue weighted by Gasteiger charge is 2.10. The van der Waals surface area contributed by atoms with Crippen molar-refractivity contribution in [2.75, 3.05) is 0 Å². The molecule has 0 unspecified atom stereocenters. The van der Waals surface area contributed by atoms with Gasteiger partial charge in [-0.2, -0.15) is 0 Å². The van der Waals surface area contributed by atoms with Crippen LogP contribution in [0.3, 0.4) is 0 Å². The van der Waals surface area contributed by atoms with Crippen LogP contribution in [0.15, 0.2) is 34.8 Å². The van der Waals surface area contributed by atoms with Crippen LogP contribution in [0, 0.1) is 5.92 Å². The minimum absolute atomic E-state index is 0.116. The van der Waals surface area contributed by atoms with Gasteiger partial charge < -0.3 is 0 Å². The summed E-state index contributed by atoms with van der Waals surface area (Å²) < 4.78 is 1.02. The highest BCUT2D eigenvalue weighted by Crippen LogP contribution is 2.19. The van der Waals surface area contributed by atoms with Crippen molar-refractivity contribution in [1.82, 2.24) is 4.98 Å². The van der Waals surface area contributed by atoms with E-state index in [-0.39, 0.29) is 5.78 Å². The van der Waals surface area contributed by atoms with Crippen LogP contribution in [0.2, 0.25) is 0 Å². The summed E-state index contributed by atoms with van der Waals surface area (Å²) in [7, 11) is 0. The molecule has 0 saturated heterocycles. The second kappa shape index (κ2) is 4.96. The number of aromatic nitrogens is 1. The molecule has 1 aromatic heterocycles. The van der Waals surface area contributed by atoms with E-state index in [0.29, 0.717) is 18.0 Å². The summed E-state index contributed by atoms with van der Waals surface area (Å²) >= 11 is 3.42. The maximum absolute atomic E-state index is 11.9. The molecule has 17 heavy (non-hydrogen) atoms. The van der Waals surface area contributed by atoms with E-state index in [2.05, 4.69) is 20.9 Å². The molecule has 2 nitrogen and oxygen atoms in total. The van der Waals surface area contributed by atoms with Crippen LogP contribution in [0.5, 0.6) is 0 Å². The van der Waals surface area contributed by atoms with E-state index in [0.717, 1.165) is 15.4 Å². The van der Waals surface area contributed by atoms with E-state index in [9.17, 15) is 4.79 Å². The first-order valence-corrected chi connectivity index (χ1v) is 6.45. The third-order valence-corrected chi connectivity index (χ3v) is 3.02. The van der Waals surface area contributed by atoms with Crippen LogP contribution in [0.25, 0.3) is 10.9 Å². The van der Waals surface area contributed by atoms with Crippen LogP contribution in [-0.2, 0) is 0 Å². The van der Waals surface area contributed by atoms with Crippen molar-refractivity contribution in [3.8, 4) is 0 Å². The van der Waals surface area contributed by atoms with Gasteiger partial charge in [0.2, 0.25) is 0 Å². The lowest BCUT2D eigenvalue weighted by Gasteiger charge is -2.05. The van der Waals surface area contributed by atoms with E-state index in [4.69, 9.17) is 0 Å². The van der Waals surface area contributed by atoms with Crippen molar-refractivity contribution in [3.63, 3.8) is 0 Å². The molecule has 1 aromatic carbocycles. The summed E-state index contributed by atoms with van der Waals surface area (Å²) in [6, 6.07) is 9.61. The van der Waals surface area contributed by atoms with E-state index < -0.39 is 0 Å². The fourth-order valence-corrected chi connectivity index (χ4v) is 2.11. The summed E-state index contributed by atoms with van der Waals surface area (Å²) in [6.45, 7) is 4.08. The highest BCUT2D eigenvalue weighted by molar-refractivity contribution is 9.10. The Morgan fingerprint density at radius 3 is 2.76 bits per heavy atom. The Bertz CT molecular complexity index is 563. The Kier molecular flexibility index (Phi) is 3.57. The van der Waals surface area contributed by atoms with Crippen LogP contribution < -0.4 is 0 Å². The minimum atomic E-state index is 0.116. The lowest BCUT2D eigenvalue weighted by atomic mass is 10.0. The fraction of sp³-hybridized carbons (Fsp3) is 0.286. The molecule has 0 aliphatic carbocycles. The Morgan fingerprint density at radius 1 is 1.29 bits per heavy atom. The Balaban J connectivity index is 2.38. The lowest BCUT2D eigenvalue weighted by molar-refractivity contribution is 0.0963. The van der Waals surface area contributed by atoms with Gasteiger partial charge in [-0.25, -0.2) is 4.98 Å². The van der Waals surface area contributed by atoms with E-state index in [1.165, 1.54) is 0 Å². The number of hydrogen-bond donors (Lipinski definition) is 0. The number of carbonyl (C=O) groups excluding carboxylic acids is 1. The average molecular weight is 292 g/mol. The van der Waals surface area contributed by atoms with Gasteiger partial charge in [0.05, 0.1) is 5.52 Å². The molecule has 88 valence electrons. The molecule has 0 N–H and O–H groups in total. The zero-order valence-corrected chi connectivity index (χ0v) is 11.5. The highest BCUT2D eigenvalue weighted by atomic mass is 79.9. The fourth-order valence-electron chi connectivity index (χ4n) is 1.73. The second-order valence-electron chi connectivity index (χ2n) is 4.55. The SMILES string of the molecule is CC(C)CC(=O)c1ccc2cc(Br)ccc2n1. The molecule has 0 amide bonds. The summed E-state index contributed by atoms with van der Waals surface area (Å²) in [4.78, 5) is 16.3. The first-order chi connectivity index (χ1) is 8.06. The Hall–Kier alpha value is -1.22. The predicted octanol–water partition coefficient (Wildman–Crippen LogP) is 4.23. The third kappa shape index (κ3) is 2.91. The van der Waals surface area contributed by atoms with Gasteiger partial charge in [-0.15, -0.1) is 0 Å². The van der Waals surface area contributed by atoms with Gasteiger partial charge in [0.15, 0.2) is 5.78 Å². The number of benzene rings is 1. The Labute approximate surface area is 109 Å². The molecule has 1 heterocycles. The molecule has 0 atom stereocenters.